The predicted molar refractivity (Wildman–Crippen MR) is 71.4 cm³/mol. The molecule has 0 atom stereocenters. The summed E-state index contributed by atoms with van der Waals surface area (Å²) in [6, 6.07) is 3.38. The molecular formula is C11H12BrN3O2S. The fraction of sp³-hybridized carbons (Fsp3) is 0.182. The Hall–Kier alpha value is -1.18. The first-order valence-corrected chi connectivity index (χ1v) is 7.46. The molecule has 2 aromatic rings. The molecule has 0 aliphatic rings. The molecule has 7 heteroatoms. The SMILES string of the molecule is Cn1ccc(CNS(=O)(=O)c2cncc(Br)c2)c1. The third kappa shape index (κ3) is 3.18. The molecule has 0 bridgehead atoms. The zero-order valence-electron chi connectivity index (χ0n) is 9.67. The van der Waals surface area contributed by atoms with Crippen LogP contribution in [0.25, 0.3) is 0 Å². The van der Waals surface area contributed by atoms with Gasteiger partial charge in [-0.15, -0.1) is 0 Å². The highest BCUT2D eigenvalue weighted by Crippen LogP contribution is 2.14. The van der Waals surface area contributed by atoms with Crippen molar-refractivity contribution in [3.05, 3.63) is 47.0 Å². The normalized spacial score (nSPS) is 11.7. The molecule has 0 saturated carbocycles. The van der Waals surface area contributed by atoms with Crippen molar-refractivity contribution >= 4 is 26.0 Å². The molecule has 18 heavy (non-hydrogen) atoms. The summed E-state index contributed by atoms with van der Waals surface area (Å²) in [6.07, 6.45) is 6.58. The van der Waals surface area contributed by atoms with Gasteiger partial charge < -0.3 is 4.57 Å². The topological polar surface area (TPSA) is 64.0 Å². The van der Waals surface area contributed by atoms with Gasteiger partial charge >= 0.3 is 0 Å². The number of nitrogens with one attached hydrogen (secondary N) is 1. The minimum absolute atomic E-state index is 0.146. The fourth-order valence-electron chi connectivity index (χ4n) is 1.47. The van der Waals surface area contributed by atoms with E-state index in [0.29, 0.717) is 4.47 Å². The second-order valence-corrected chi connectivity index (χ2v) is 6.53. The van der Waals surface area contributed by atoms with Crippen molar-refractivity contribution in [1.82, 2.24) is 14.3 Å². The van der Waals surface area contributed by atoms with Gasteiger partial charge in [-0.2, -0.15) is 0 Å². The van der Waals surface area contributed by atoms with Crippen LogP contribution in [0.2, 0.25) is 0 Å². The lowest BCUT2D eigenvalue weighted by molar-refractivity contribution is 0.581. The van der Waals surface area contributed by atoms with Gasteiger partial charge in [0.1, 0.15) is 4.90 Å². The average Bonchev–Trinajstić information content (AvgIpc) is 2.73. The van der Waals surface area contributed by atoms with Gasteiger partial charge in [-0.05, 0) is 33.6 Å². The third-order valence-electron chi connectivity index (χ3n) is 2.35. The number of hydrogen-bond acceptors (Lipinski definition) is 3. The molecule has 0 saturated heterocycles. The minimum Gasteiger partial charge on any atom is -0.357 e. The summed E-state index contributed by atoms with van der Waals surface area (Å²) in [4.78, 5) is 3.99. The first-order chi connectivity index (χ1) is 8.47. The molecule has 1 N–H and O–H groups in total. The van der Waals surface area contributed by atoms with Crippen molar-refractivity contribution < 1.29 is 8.42 Å². The minimum atomic E-state index is -3.52. The molecule has 0 fully saturated rings. The van der Waals surface area contributed by atoms with Crippen molar-refractivity contribution in [3.8, 4) is 0 Å². The lowest BCUT2D eigenvalue weighted by atomic mass is 10.4. The van der Waals surface area contributed by atoms with Crippen LogP contribution in [0.15, 0.2) is 46.3 Å². The van der Waals surface area contributed by atoms with Gasteiger partial charge in [-0.3, -0.25) is 4.98 Å². The zero-order valence-corrected chi connectivity index (χ0v) is 12.1. The highest BCUT2D eigenvalue weighted by molar-refractivity contribution is 9.10. The quantitative estimate of drug-likeness (QED) is 0.927. The highest BCUT2D eigenvalue weighted by Gasteiger charge is 2.14. The molecule has 0 radical (unpaired) electrons. The molecule has 2 aromatic heterocycles. The number of nitrogens with zero attached hydrogens (tertiary/aromatic N) is 2. The first-order valence-electron chi connectivity index (χ1n) is 5.18. The van der Waals surface area contributed by atoms with E-state index in [-0.39, 0.29) is 11.4 Å². The maximum atomic E-state index is 12.0. The van der Waals surface area contributed by atoms with Crippen molar-refractivity contribution in [2.75, 3.05) is 0 Å². The van der Waals surface area contributed by atoms with Crippen molar-refractivity contribution in [2.45, 2.75) is 11.4 Å². The van der Waals surface area contributed by atoms with Gasteiger partial charge in [0.15, 0.2) is 0 Å². The molecule has 0 unspecified atom stereocenters. The van der Waals surface area contributed by atoms with Crippen LogP contribution in [0.4, 0.5) is 0 Å². The van der Waals surface area contributed by atoms with Gasteiger partial charge in [0, 0.05) is 42.9 Å². The molecule has 2 heterocycles. The Morgan fingerprint density at radius 2 is 2.22 bits per heavy atom. The van der Waals surface area contributed by atoms with Gasteiger partial charge in [0.25, 0.3) is 0 Å². The lowest BCUT2D eigenvalue weighted by Crippen LogP contribution is -2.23. The zero-order chi connectivity index (χ0) is 13.2. The lowest BCUT2D eigenvalue weighted by Gasteiger charge is -2.05. The number of aryl methyl sites for hydroxylation is 1. The molecule has 2 rings (SSSR count). The number of pyridine rings is 1. The smallest absolute Gasteiger partial charge is 0.242 e. The summed E-state index contributed by atoms with van der Waals surface area (Å²) < 4.78 is 29.0. The van der Waals surface area contributed by atoms with Crippen molar-refractivity contribution in [1.29, 1.82) is 0 Å². The van der Waals surface area contributed by atoms with E-state index in [2.05, 4.69) is 25.6 Å². The number of hydrogen-bond donors (Lipinski definition) is 1. The monoisotopic (exact) mass is 329 g/mol. The molecular weight excluding hydrogens is 318 g/mol. The third-order valence-corrected chi connectivity index (χ3v) is 4.15. The van der Waals surface area contributed by atoms with Crippen molar-refractivity contribution in [3.63, 3.8) is 0 Å². The summed E-state index contributed by atoms with van der Waals surface area (Å²) in [5.41, 5.74) is 0.907. The van der Waals surface area contributed by atoms with E-state index < -0.39 is 10.0 Å². The Morgan fingerprint density at radius 3 is 2.83 bits per heavy atom. The summed E-state index contributed by atoms with van der Waals surface area (Å²) in [5, 5.41) is 0. The first kappa shape index (κ1) is 13.3. The molecule has 0 spiro atoms. The van der Waals surface area contributed by atoms with Crippen LogP contribution >= 0.6 is 15.9 Å². The van der Waals surface area contributed by atoms with Crippen LogP contribution in [0, 0.1) is 0 Å². The highest BCUT2D eigenvalue weighted by atomic mass is 79.9. The molecule has 0 aromatic carbocycles. The van der Waals surface area contributed by atoms with E-state index >= 15 is 0 Å². The number of aromatic nitrogens is 2. The summed E-state index contributed by atoms with van der Waals surface area (Å²) in [5.74, 6) is 0. The maximum Gasteiger partial charge on any atom is 0.242 e. The Balaban J connectivity index is 2.13. The summed E-state index contributed by atoms with van der Waals surface area (Å²) >= 11 is 3.20. The Labute approximate surface area is 114 Å². The Kier molecular flexibility index (Phi) is 3.84. The molecule has 0 amide bonds. The van der Waals surface area contributed by atoms with E-state index in [0.717, 1.165) is 5.56 Å². The van der Waals surface area contributed by atoms with E-state index in [1.165, 1.54) is 18.5 Å². The van der Waals surface area contributed by atoms with Crippen LogP contribution in [0.1, 0.15) is 5.56 Å². The van der Waals surface area contributed by atoms with Crippen LogP contribution < -0.4 is 4.72 Å². The van der Waals surface area contributed by atoms with E-state index in [1.807, 2.05) is 30.1 Å². The molecule has 0 aliphatic carbocycles. The van der Waals surface area contributed by atoms with Crippen LogP contribution in [0.3, 0.4) is 0 Å². The van der Waals surface area contributed by atoms with E-state index in [4.69, 9.17) is 0 Å². The summed E-state index contributed by atoms with van der Waals surface area (Å²) in [6.45, 7) is 0.260. The van der Waals surface area contributed by atoms with Crippen LogP contribution in [-0.4, -0.2) is 18.0 Å². The maximum absolute atomic E-state index is 12.0. The van der Waals surface area contributed by atoms with Crippen molar-refractivity contribution in [2.24, 2.45) is 7.05 Å². The van der Waals surface area contributed by atoms with Gasteiger partial charge in [0.05, 0.1) is 0 Å². The van der Waals surface area contributed by atoms with Crippen LogP contribution in [-0.2, 0) is 23.6 Å². The number of rotatable bonds is 4. The summed E-state index contributed by atoms with van der Waals surface area (Å²) in [7, 11) is -1.64. The molecule has 96 valence electrons. The van der Waals surface area contributed by atoms with E-state index in [1.54, 1.807) is 0 Å². The number of sulfonamides is 1. The number of halogens is 1. The second kappa shape index (κ2) is 5.21. The van der Waals surface area contributed by atoms with Gasteiger partial charge in [-0.1, -0.05) is 0 Å². The largest absolute Gasteiger partial charge is 0.357 e. The standard InChI is InChI=1S/C11H12BrN3O2S/c1-15-3-2-9(8-15)5-14-18(16,17)11-4-10(12)6-13-7-11/h2-4,6-8,14H,5H2,1H3. The fourth-order valence-corrected chi connectivity index (χ4v) is 2.99. The average molecular weight is 330 g/mol. The Bertz CT molecular complexity index is 652. The Morgan fingerprint density at radius 1 is 1.44 bits per heavy atom. The van der Waals surface area contributed by atoms with Gasteiger partial charge in [0.2, 0.25) is 10.0 Å². The van der Waals surface area contributed by atoms with Crippen LogP contribution in [0.5, 0.6) is 0 Å². The predicted octanol–water partition coefficient (Wildman–Crippen LogP) is 1.66. The second-order valence-electron chi connectivity index (χ2n) is 3.85. The molecule has 0 aliphatic heterocycles. The van der Waals surface area contributed by atoms with Gasteiger partial charge in [-0.25, -0.2) is 13.1 Å². The molecule has 5 nitrogen and oxygen atoms in total. The van der Waals surface area contributed by atoms with E-state index in [9.17, 15) is 8.42 Å².